The van der Waals surface area contributed by atoms with E-state index in [1.165, 1.54) is 0 Å². The summed E-state index contributed by atoms with van der Waals surface area (Å²) < 4.78 is 19.4. The van der Waals surface area contributed by atoms with E-state index < -0.39 is 0 Å². The molecule has 0 radical (unpaired) electrons. The number of guanidine groups is 1. The average Bonchev–Trinajstić information content (AvgIpc) is 2.58. The summed E-state index contributed by atoms with van der Waals surface area (Å²) >= 11 is 0. The van der Waals surface area contributed by atoms with Crippen molar-refractivity contribution < 1.29 is 9.13 Å². The van der Waals surface area contributed by atoms with Crippen molar-refractivity contribution >= 4 is 5.96 Å². The quantitative estimate of drug-likeness (QED) is 0.610. The van der Waals surface area contributed by atoms with Gasteiger partial charge in [-0.1, -0.05) is 26.0 Å². The van der Waals surface area contributed by atoms with Gasteiger partial charge in [0.1, 0.15) is 5.82 Å². The summed E-state index contributed by atoms with van der Waals surface area (Å²) in [5.74, 6) is 1.18. The Morgan fingerprint density at radius 2 is 2.20 bits per heavy atom. The summed E-state index contributed by atoms with van der Waals surface area (Å²) in [6.45, 7) is 11.3. The van der Waals surface area contributed by atoms with Gasteiger partial charge < -0.3 is 15.4 Å². The molecule has 140 valence electrons. The zero-order valence-corrected chi connectivity index (χ0v) is 15.8. The maximum absolute atomic E-state index is 13.6. The van der Waals surface area contributed by atoms with E-state index in [9.17, 15) is 4.39 Å². The van der Waals surface area contributed by atoms with E-state index in [2.05, 4.69) is 34.4 Å². The molecule has 0 bridgehead atoms. The van der Waals surface area contributed by atoms with E-state index in [-0.39, 0.29) is 11.9 Å². The molecule has 0 aromatic heterocycles. The maximum Gasteiger partial charge on any atom is 0.191 e. The Morgan fingerprint density at radius 3 is 2.88 bits per heavy atom. The van der Waals surface area contributed by atoms with Gasteiger partial charge in [0, 0.05) is 39.8 Å². The number of benzene rings is 1. The van der Waals surface area contributed by atoms with Gasteiger partial charge in [0.05, 0.1) is 12.7 Å². The van der Waals surface area contributed by atoms with E-state index in [0.717, 1.165) is 31.8 Å². The molecule has 1 unspecified atom stereocenters. The van der Waals surface area contributed by atoms with Crippen molar-refractivity contribution in [1.29, 1.82) is 0 Å². The summed E-state index contributed by atoms with van der Waals surface area (Å²) in [6, 6.07) is 5.28. The lowest BCUT2D eigenvalue weighted by atomic mass is 10.1. The van der Waals surface area contributed by atoms with E-state index in [1.54, 1.807) is 26.1 Å². The lowest BCUT2D eigenvalue weighted by Gasteiger charge is -2.34. The molecule has 2 rings (SSSR count). The summed E-state index contributed by atoms with van der Waals surface area (Å²) in [5, 5.41) is 6.52. The SMILES string of the molecule is CN=C(NCc1ccc(C)c(F)c1)NCC1CN(CC(C)C)CCO1. The van der Waals surface area contributed by atoms with Crippen molar-refractivity contribution in [1.82, 2.24) is 15.5 Å². The van der Waals surface area contributed by atoms with Crippen LogP contribution in [0, 0.1) is 18.7 Å². The Kier molecular flexibility index (Phi) is 7.65. The van der Waals surface area contributed by atoms with Crippen molar-refractivity contribution in [2.75, 3.05) is 39.8 Å². The third-order valence-corrected chi connectivity index (χ3v) is 4.26. The first-order valence-corrected chi connectivity index (χ1v) is 9.01. The number of hydrogen-bond acceptors (Lipinski definition) is 3. The molecule has 1 saturated heterocycles. The van der Waals surface area contributed by atoms with Crippen LogP contribution in [0.2, 0.25) is 0 Å². The van der Waals surface area contributed by atoms with Crippen LogP contribution in [-0.4, -0.2) is 56.8 Å². The Bertz CT molecular complexity index is 577. The van der Waals surface area contributed by atoms with Gasteiger partial charge in [-0.15, -0.1) is 0 Å². The van der Waals surface area contributed by atoms with Crippen LogP contribution in [0.5, 0.6) is 0 Å². The van der Waals surface area contributed by atoms with Gasteiger partial charge in [-0.05, 0) is 30.0 Å². The molecule has 25 heavy (non-hydrogen) atoms. The molecule has 6 heteroatoms. The first-order valence-electron chi connectivity index (χ1n) is 9.01. The number of rotatable bonds is 6. The van der Waals surface area contributed by atoms with Gasteiger partial charge in [-0.3, -0.25) is 9.89 Å². The van der Waals surface area contributed by atoms with Crippen LogP contribution in [0.4, 0.5) is 4.39 Å². The predicted molar refractivity (Wildman–Crippen MR) is 100 cm³/mol. The van der Waals surface area contributed by atoms with Crippen molar-refractivity contribution in [3.8, 4) is 0 Å². The monoisotopic (exact) mass is 350 g/mol. The summed E-state index contributed by atoms with van der Waals surface area (Å²) in [4.78, 5) is 6.68. The number of nitrogens with zero attached hydrogens (tertiary/aromatic N) is 2. The van der Waals surface area contributed by atoms with Gasteiger partial charge in [-0.25, -0.2) is 4.39 Å². The van der Waals surface area contributed by atoms with Gasteiger partial charge >= 0.3 is 0 Å². The normalized spacial score (nSPS) is 19.3. The van der Waals surface area contributed by atoms with Crippen LogP contribution in [0.3, 0.4) is 0 Å². The number of aryl methyl sites for hydroxylation is 1. The van der Waals surface area contributed by atoms with E-state index in [1.807, 2.05) is 6.07 Å². The molecule has 1 aliphatic heterocycles. The molecule has 1 fully saturated rings. The first kappa shape index (κ1) is 19.7. The maximum atomic E-state index is 13.6. The van der Waals surface area contributed by atoms with Crippen LogP contribution in [0.25, 0.3) is 0 Å². The highest BCUT2D eigenvalue weighted by atomic mass is 19.1. The average molecular weight is 350 g/mol. The third-order valence-electron chi connectivity index (χ3n) is 4.26. The largest absolute Gasteiger partial charge is 0.374 e. The number of halogens is 1. The molecule has 1 aromatic rings. The Hall–Kier alpha value is -1.66. The van der Waals surface area contributed by atoms with Crippen LogP contribution >= 0.6 is 0 Å². The second kappa shape index (κ2) is 9.73. The third kappa shape index (κ3) is 6.63. The molecule has 0 spiro atoms. The molecule has 1 aliphatic rings. The minimum atomic E-state index is -0.178. The van der Waals surface area contributed by atoms with Gasteiger partial charge in [-0.2, -0.15) is 0 Å². The number of aliphatic imine (C=N–C) groups is 1. The second-order valence-electron chi connectivity index (χ2n) is 7.04. The predicted octanol–water partition coefficient (Wildman–Crippen LogP) is 2.16. The lowest BCUT2D eigenvalue weighted by Crippen LogP contribution is -2.50. The van der Waals surface area contributed by atoms with Crippen LogP contribution in [-0.2, 0) is 11.3 Å². The second-order valence-corrected chi connectivity index (χ2v) is 7.04. The van der Waals surface area contributed by atoms with E-state index in [0.29, 0.717) is 30.5 Å². The highest BCUT2D eigenvalue weighted by Gasteiger charge is 2.21. The van der Waals surface area contributed by atoms with Crippen molar-refractivity contribution in [3.63, 3.8) is 0 Å². The van der Waals surface area contributed by atoms with E-state index >= 15 is 0 Å². The number of nitrogens with one attached hydrogen (secondary N) is 2. The summed E-state index contributed by atoms with van der Waals surface area (Å²) in [7, 11) is 1.73. The standard InChI is InChI=1S/C19H31FN4O/c1-14(2)12-24-7-8-25-17(13-24)11-23-19(21-4)22-10-16-6-5-15(3)18(20)9-16/h5-6,9,14,17H,7-8,10-13H2,1-4H3,(H2,21,22,23). The first-order chi connectivity index (χ1) is 12.0. The fourth-order valence-corrected chi connectivity index (χ4v) is 2.95. The number of morpholine rings is 1. The highest BCUT2D eigenvalue weighted by molar-refractivity contribution is 5.79. The zero-order valence-electron chi connectivity index (χ0n) is 15.8. The van der Waals surface area contributed by atoms with Crippen LogP contribution in [0.1, 0.15) is 25.0 Å². The molecule has 1 aromatic carbocycles. The van der Waals surface area contributed by atoms with Crippen LogP contribution in [0.15, 0.2) is 23.2 Å². The molecule has 1 heterocycles. The van der Waals surface area contributed by atoms with Gasteiger partial charge in [0.2, 0.25) is 0 Å². The minimum Gasteiger partial charge on any atom is -0.374 e. The Labute approximate surface area is 150 Å². The summed E-state index contributed by atoms with van der Waals surface area (Å²) in [5.41, 5.74) is 1.55. The molecule has 1 atom stereocenters. The number of ether oxygens (including phenoxy) is 1. The topological polar surface area (TPSA) is 48.9 Å². The molecule has 0 amide bonds. The van der Waals surface area contributed by atoms with Crippen molar-refractivity contribution in [3.05, 3.63) is 35.1 Å². The van der Waals surface area contributed by atoms with Crippen molar-refractivity contribution in [2.45, 2.75) is 33.4 Å². The fourth-order valence-electron chi connectivity index (χ4n) is 2.95. The van der Waals surface area contributed by atoms with Crippen molar-refractivity contribution in [2.24, 2.45) is 10.9 Å². The number of hydrogen-bond donors (Lipinski definition) is 2. The van der Waals surface area contributed by atoms with E-state index in [4.69, 9.17) is 4.74 Å². The summed E-state index contributed by atoms with van der Waals surface area (Å²) in [6.07, 6.45) is 0.155. The van der Waals surface area contributed by atoms with Gasteiger partial charge in [0.15, 0.2) is 5.96 Å². The smallest absolute Gasteiger partial charge is 0.191 e. The lowest BCUT2D eigenvalue weighted by molar-refractivity contribution is -0.0284. The van der Waals surface area contributed by atoms with Crippen LogP contribution < -0.4 is 10.6 Å². The molecule has 2 N–H and O–H groups in total. The molecule has 0 saturated carbocycles. The van der Waals surface area contributed by atoms with Gasteiger partial charge in [0.25, 0.3) is 0 Å². The molecule has 0 aliphatic carbocycles. The highest BCUT2D eigenvalue weighted by Crippen LogP contribution is 2.09. The zero-order chi connectivity index (χ0) is 18.2. The molecule has 5 nitrogen and oxygen atoms in total. The Morgan fingerprint density at radius 1 is 1.40 bits per heavy atom. The molecular formula is C19H31FN4O. The fraction of sp³-hybridized carbons (Fsp3) is 0.632. The Balaban J connectivity index is 1.77. The minimum absolute atomic E-state index is 0.155. The molecular weight excluding hydrogens is 319 g/mol.